The van der Waals surface area contributed by atoms with Crippen LogP contribution in [-0.4, -0.2) is 38.1 Å². The van der Waals surface area contributed by atoms with Gasteiger partial charge >= 0.3 is 5.97 Å². The van der Waals surface area contributed by atoms with E-state index in [1.54, 1.807) is 0 Å². The van der Waals surface area contributed by atoms with Gasteiger partial charge in [0, 0.05) is 0 Å². The monoisotopic (exact) mass is 191 g/mol. The molecule has 0 amide bonds. The van der Waals surface area contributed by atoms with Crippen molar-refractivity contribution in [3.05, 3.63) is 0 Å². The molecule has 0 aliphatic rings. The van der Waals surface area contributed by atoms with E-state index in [0.717, 1.165) is 0 Å². The van der Waals surface area contributed by atoms with Crippen molar-refractivity contribution in [2.45, 2.75) is 25.8 Å². The Balaban J connectivity index is 4.26. The van der Waals surface area contributed by atoms with Gasteiger partial charge in [-0.15, -0.1) is 0 Å². The minimum atomic E-state index is -0.545. The minimum Gasteiger partial charge on any atom is -0.469 e. The van der Waals surface area contributed by atoms with Crippen LogP contribution in [0.1, 0.15) is 20.3 Å². The summed E-state index contributed by atoms with van der Waals surface area (Å²) in [7, 11) is 4.30. The molecule has 0 unspecified atom stereocenters. The van der Waals surface area contributed by atoms with Crippen LogP contribution in [0.4, 0.5) is 0 Å². The third-order valence-electron chi connectivity index (χ3n) is 1.63. The fraction of sp³-hybridized carbons (Fsp3) is 0.875. The summed E-state index contributed by atoms with van der Waals surface area (Å²) in [4.78, 5) is 20.8. The molecule has 0 aliphatic carbocycles. The van der Waals surface area contributed by atoms with E-state index >= 15 is 0 Å². The quantitative estimate of drug-likeness (QED) is 0.474. The average Bonchev–Trinajstić information content (AvgIpc) is 2.05. The number of carbonyl (C=O) groups excluding carboxylic acids is 1. The van der Waals surface area contributed by atoms with Crippen LogP contribution in [0, 0.1) is 0 Å². The van der Waals surface area contributed by atoms with Gasteiger partial charge < -0.3 is 4.74 Å². The van der Waals surface area contributed by atoms with E-state index < -0.39 is 5.54 Å². The van der Waals surface area contributed by atoms with E-state index in [-0.39, 0.29) is 12.4 Å². The maximum Gasteiger partial charge on any atom is 0.307 e. The first-order valence-electron chi connectivity index (χ1n) is 3.93. The second-order valence-electron chi connectivity index (χ2n) is 3.19. The molecule has 0 spiro atoms. The van der Waals surface area contributed by atoms with Gasteiger partial charge in [0.2, 0.25) is 0 Å². The molecule has 0 atom stereocenters. The van der Waals surface area contributed by atoms with Gasteiger partial charge in [0.25, 0.3) is 0 Å². The highest BCUT2D eigenvalue weighted by atomic mass is 16.9. The molecule has 5 heteroatoms. The Morgan fingerprint density at radius 2 is 1.69 bits per heavy atom. The molecule has 0 fully saturated rings. The number of esters is 1. The number of ether oxygens (including phenoxy) is 1. The zero-order valence-electron chi connectivity index (χ0n) is 8.79. The van der Waals surface area contributed by atoms with Gasteiger partial charge in [-0.1, -0.05) is 5.23 Å². The normalized spacial score (nSPS) is 11.8. The molecule has 0 aromatic carbocycles. The molecule has 0 N–H and O–H groups in total. The van der Waals surface area contributed by atoms with Gasteiger partial charge in [0.1, 0.15) is 0 Å². The fourth-order valence-corrected chi connectivity index (χ4v) is 1.06. The zero-order valence-corrected chi connectivity index (χ0v) is 8.79. The van der Waals surface area contributed by atoms with E-state index in [0.29, 0.717) is 0 Å². The van der Waals surface area contributed by atoms with Crippen molar-refractivity contribution >= 4 is 5.97 Å². The lowest BCUT2D eigenvalue weighted by molar-refractivity contribution is -0.385. The molecule has 5 nitrogen and oxygen atoms in total. The fourth-order valence-electron chi connectivity index (χ4n) is 1.06. The molecule has 0 aliphatic heterocycles. The van der Waals surface area contributed by atoms with Crippen molar-refractivity contribution < 1.29 is 19.2 Å². The third-order valence-corrected chi connectivity index (χ3v) is 1.63. The Morgan fingerprint density at radius 1 is 1.23 bits per heavy atom. The maximum absolute atomic E-state index is 11.0. The van der Waals surface area contributed by atoms with Crippen LogP contribution >= 0.6 is 0 Å². The molecule has 78 valence electrons. The van der Waals surface area contributed by atoms with E-state index in [1.807, 2.05) is 13.8 Å². The Bertz CT molecular complexity index is 166. The van der Waals surface area contributed by atoms with Gasteiger partial charge in [-0.3, -0.25) is 14.5 Å². The predicted molar refractivity (Wildman–Crippen MR) is 46.6 cm³/mol. The van der Waals surface area contributed by atoms with E-state index in [9.17, 15) is 4.79 Å². The number of methoxy groups -OCH3 is 1. The molecular formula is C8H17NO4. The zero-order chi connectivity index (χ0) is 10.5. The van der Waals surface area contributed by atoms with Crippen LogP contribution < -0.4 is 0 Å². The summed E-state index contributed by atoms with van der Waals surface area (Å²) in [5, 5.41) is 1.25. The van der Waals surface area contributed by atoms with Gasteiger partial charge in [0.15, 0.2) is 0 Å². The standard InChI is InChI=1S/C8H17NO4/c1-8(2,6-7(10)11-3)9(12-4)13-5/h6H2,1-5H3. The van der Waals surface area contributed by atoms with Crippen LogP contribution in [0.5, 0.6) is 0 Å². The largest absolute Gasteiger partial charge is 0.469 e. The number of hydrogen-bond acceptors (Lipinski definition) is 5. The molecular weight excluding hydrogens is 174 g/mol. The molecule has 0 aromatic heterocycles. The Hall–Kier alpha value is -0.650. The summed E-state index contributed by atoms with van der Waals surface area (Å²) in [6, 6.07) is 0. The second kappa shape index (κ2) is 5.16. The first-order valence-corrected chi connectivity index (χ1v) is 3.93. The highest BCUT2D eigenvalue weighted by Crippen LogP contribution is 2.19. The summed E-state index contributed by atoms with van der Waals surface area (Å²) in [5.74, 6) is -0.302. The Morgan fingerprint density at radius 3 is 2.00 bits per heavy atom. The lowest BCUT2D eigenvalue weighted by Gasteiger charge is -2.32. The minimum absolute atomic E-state index is 0.200. The summed E-state index contributed by atoms with van der Waals surface area (Å²) < 4.78 is 4.55. The van der Waals surface area contributed by atoms with Crippen LogP contribution in [0.3, 0.4) is 0 Å². The van der Waals surface area contributed by atoms with Gasteiger partial charge in [-0.2, -0.15) is 0 Å². The molecule has 0 saturated carbocycles. The number of rotatable bonds is 5. The smallest absolute Gasteiger partial charge is 0.307 e. The van der Waals surface area contributed by atoms with Gasteiger partial charge in [-0.05, 0) is 13.8 Å². The summed E-state index contributed by atoms with van der Waals surface area (Å²) in [6.45, 7) is 3.63. The van der Waals surface area contributed by atoms with Crippen molar-refractivity contribution in [3.63, 3.8) is 0 Å². The molecule has 0 heterocycles. The topological polar surface area (TPSA) is 48.0 Å². The SMILES string of the molecule is COC(=O)CC(C)(C)N(OC)OC. The molecule has 0 saturated heterocycles. The first-order chi connectivity index (χ1) is 5.97. The predicted octanol–water partition coefficient (Wildman–Crippen LogP) is 0.753. The number of nitrogens with zero attached hydrogens (tertiary/aromatic N) is 1. The van der Waals surface area contributed by atoms with Crippen LogP contribution in [-0.2, 0) is 19.2 Å². The van der Waals surface area contributed by atoms with Crippen LogP contribution in [0.25, 0.3) is 0 Å². The van der Waals surface area contributed by atoms with E-state index in [2.05, 4.69) is 4.74 Å². The molecule has 0 aromatic rings. The lowest BCUT2D eigenvalue weighted by Crippen LogP contribution is -2.44. The van der Waals surface area contributed by atoms with Crippen LogP contribution in [0.15, 0.2) is 0 Å². The Kier molecular flexibility index (Phi) is 4.90. The van der Waals surface area contributed by atoms with Gasteiger partial charge in [0.05, 0.1) is 33.3 Å². The van der Waals surface area contributed by atoms with E-state index in [1.165, 1.54) is 26.6 Å². The number of carbonyl (C=O) groups is 1. The first kappa shape index (κ1) is 12.3. The summed E-state index contributed by atoms with van der Waals surface area (Å²) >= 11 is 0. The molecule has 0 bridgehead atoms. The lowest BCUT2D eigenvalue weighted by atomic mass is 10.0. The van der Waals surface area contributed by atoms with Crippen molar-refractivity contribution in [1.82, 2.24) is 5.23 Å². The second-order valence-corrected chi connectivity index (χ2v) is 3.19. The average molecular weight is 191 g/mol. The number of hydrogen-bond donors (Lipinski definition) is 0. The van der Waals surface area contributed by atoms with Gasteiger partial charge in [-0.25, -0.2) is 0 Å². The Labute approximate surface area is 78.5 Å². The highest BCUT2D eigenvalue weighted by Gasteiger charge is 2.31. The van der Waals surface area contributed by atoms with Crippen LogP contribution in [0.2, 0.25) is 0 Å². The molecule has 13 heavy (non-hydrogen) atoms. The highest BCUT2D eigenvalue weighted by molar-refractivity contribution is 5.70. The molecule has 0 rings (SSSR count). The summed E-state index contributed by atoms with van der Waals surface area (Å²) in [5.41, 5.74) is -0.545. The maximum atomic E-state index is 11.0. The molecule has 0 radical (unpaired) electrons. The summed E-state index contributed by atoms with van der Waals surface area (Å²) in [6.07, 6.45) is 0.200. The van der Waals surface area contributed by atoms with Crippen molar-refractivity contribution in [3.8, 4) is 0 Å². The number of hydroxylamine groups is 2. The van der Waals surface area contributed by atoms with Crippen molar-refractivity contribution in [2.75, 3.05) is 21.3 Å². The third kappa shape index (κ3) is 3.71. The van der Waals surface area contributed by atoms with Crippen molar-refractivity contribution in [1.29, 1.82) is 0 Å². The van der Waals surface area contributed by atoms with E-state index in [4.69, 9.17) is 9.68 Å². The van der Waals surface area contributed by atoms with Crippen molar-refractivity contribution in [2.24, 2.45) is 0 Å².